The number of thioether (sulfide) groups is 1. The van der Waals surface area contributed by atoms with E-state index in [1.54, 1.807) is 11.8 Å². The molecule has 0 aliphatic heterocycles. The van der Waals surface area contributed by atoms with Gasteiger partial charge in [0.25, 0.3) is 0 Å². The molecule has 0 aromatic heterocycles. The van der Waals surface area contributed by atoms with Crippen LogP contribution in [-0.4, -0.2) is 12.0 Å². The van der Waals surface area contributed by atoms with Crippen LogP contribution < -0.4 is 0 Å². The summed E-state index contributed by atoms with van der Waals surface area (Å²) in [5.74, 6) is 0.289. The van der Waals surface area contributed by atoms with Gasteiger partial charge in [-0.1, -0.05) is 12.1 Å². The van der Waals surface area contributed by atoms with E-state index in [9.17, 15) is 10.1 Å². The fourth-order valence-electron chi connectivity index (χ4n) is 2.34. The van der Waals surface area contributed by atoms with Crippen LogP contribution in [0.2, 0.25) is 0 Å². The molecule has 0 bridgehead atoms. The van der Waals surface area contributed by atoms with Gasteiger partial charge in [-0.3, -0.25) is 4.79 Å². The molecule has 17 heavy (non-hydrogen) atoms. The van der Waals surface area contributed by atoms with Crippen molar-refractivity contribution in [2.75, 3.05) is 6.26 Å². The van der Waals surface area contributed by atoms with Crippen LogP contribution in [0.1, 0.15) is 31.2 Å². The minimum absolute atomic E-state index is 0.289. The summed E-state index contributed by atoms with van der Waals surface area (Å²) in [7, 11) is 0. The SMILES string of the molecule is CSc1cccc(C2(C#N)CCC(=O)CC2)c1. The summed E-state index contributed by atoms with van der Waals surface area (Å²) >= 11 is 1.68. The minimum atomic E-state index is -0.445. The van der Waals surface area contributed by atoms with E-state index in [0.717, 1.165) is 5.56 Å². The summed E-state index contributed by atoms with van der Waals surface area (Å²) in [5, 5.41) is 9.48. The molecule has 0 amide bonds. The number of hydrogen-bond donors (Lipinski definition) is 0. The average Bonchev–Trinajstić information content (AvgIpc) is 2.40. The van der Waals surface area contributed by atoms with Gasteiger partial charge in [0.1, 0.15) is 5.78 Å². The van der Waals surface area contributed by atoms with Crippen LogP contribution in [0, 0.1) is 11.3 Å². The van der Waals surface area contributed by atoms with E-state index in [1.165, 1.54) is 4.90 Å². The number of carbonyl (C=O) groups is 1. The van der Waals surface area contributed by atoms with Gasteiger partial charge in [0.15, 0.2) is 0 Å². The molecular formula is C14H15NOS. The largest absolute Gasteiger partial charge is 0.300 e. The number of benzene rings is 1. The quantitative estimate of drug-likeness (QED) is 0.750. The topological polar surface area (TPSA) is 40.9 Å². The molecule has 0 spiro atoms. The highest BCUT2D eigenvalue weighted by Gasteiger charge is 2.36. The Morgan fingerprint density at radius 1 is 1.35 bits per heavy atom. The Balaban J connectivity index is 2.35. The van der Waals surface area contributed by atoms with Crippen molar-refractivity contribution >= 4 is 17.5 Å². The van der Waals surface area contributed by atoms with Crippen molar-refractivity contribution < 1.29 is 4.79 Å². The molecule has 1 aliphatic rings. The zero-order valence-corrected chi connectivity index (χ0v) is 10.7. The number of nitrogens with zero attached hydrogens (tertiary/aromatic N) is 1. The molecule has 88 valence electrons. The number of Topliss-reactive ketones (excluding diaryl/α,β-unsaturated/α-hetero) is 1. The lowest BCUT2D eigenvalue weighted by molar-refractivity contribution is -0.120. The maximum atomic E-state index is 11.3. The lowest BCUT2D eigenvalue weighted by atomic mass is 9.70. The second kappa shape index (κ2) is 4.93. The third kappa shape index (κ3) is 2.37. The maximum Gasteiger partial charge on any atom is 0.133 e. The molecule has 0 atom stereocenters. The molecule has 1 aromatic rings. The molecule has 2 rings (SSSR count). The lowest BCUT2D eigenvalue weighted by Crippen LogP contribution is -2.30. The van der Waals surface area contributed by atoms with Crippen LogP contribution in [0.5, 0.6) is 0 Å². The summed E-state index contributed by atoms with van der Waals surface area (Å²) in [4.78, 5) is 12.5. The van der Waals surface area contributed by atoms with E-state index in [-0.39, 0.29) is 5.78 Å². The average molecular weight is 245 g/mol. The van der Waals surface area contributed by atoms with Gasteiger partial charge in [0, 0.05) is 17.7 Å². The maximum absolute atomic E-state index is 11.3. The number of ketones is 1. The molecule has 0 saturated heterocycles. The zero-order valence-electron chi connectivity index (χ0n) is 9.90. The van der Waals surface area contributed by atoms with Gasteiger partial charge in [0.05, 0.1) is 11.5 Å². The van der Waals surface area contributed by atoms with E-state index in [1.807, 2.05) is 24.5 Å². The Morgan fingerprint density at radius 3 is 2.65 bits per heavy atom. The smallest absolute Gasteiger partial charge is 0.133 e. The molecule has 1 aromatic carbocycles. The van der Waals surface area contributed by atoms with Gasteiger partial charge < -0.3 is 0 Å². The standard InChI is InChI=1S/C14H15NOS/c1-17-13-4-2-3-11(9-13)14(10-15)7-5-12(16)6-8-14/h2-4,9H,5-8H2,1H3. The summed E-state index contributed by atoms with van der Waals surface area (Å²) in [6.45, 7) is 0. The zero-order chi connectivity index (χ0) is 12.3. The molecule has 1 saturated carbocycles. The first kappa shape index (κ1) is 12.2. The highest BCUT2D eigenvalue weighted by Crippen LogP contribution is 2.38. The third-order valence-corrected chi connectivity index (χ3v) is 4.22. The highest BCUT2D eigenvalue weighted by molar-refractivity contribution is 7.98. The van der Waals surface area contributed by atoms with Crippen LogP contribution in [-0.2, 0) is 10.2 Å². The Bertz CT molecular complexity index is 465. The molecule has 3 heteroatoms. The van der Waals surface area contributed by atoms with Crippen molar-refractivity contribution in [3.63, 3.8) is 0 Å². The summed E-state index contributed by atoms with van der Waals surface area (Å²) in [6, 6.07) is 10.6. The van der Waals surface area contributed by atoms with Gasteiger partial charge in [-0.2, -0.15) is 5.26 Å². The first-order valence-corrected chi connectivity index (χ1v) is 7.00. The molecule has 0 radical (unpaired) electrons. The summed E-state index contributed by atoms with van der Waals surface area (Å²) in [6.07, 6.45) is 4.44. The van der Waals surface area contributed by atoms with E-state index < -0.39 is 5.41 Å². The predicted molar refractivity (Wildman–Crippen MR) is 69.0 cm³/mol. The van der Waals surface area contributed by atoms with Gasteiger partial charge >= 0.3 is 0 Å². The molecule has 0 heterocycles. The first-order chi connectivity index (χ1) is 8.20. The van der Waals surface area contributed by atoms with Gasteiger partial charge in [-0.25, -0.2) is 0 Å². The van der Waals surface area contributed by atoms with Crippen LogP contribution in [0.15, 0.2) is 29.2 Å². The minimum Gasteiger partial charge on any atom is -0.300 e. The Hall–Kier alpha value is -1.27. The first-order valence-electron chi connectivity index (χ1n) is 5.78. The van der Waals surface area contributed by atoms with Crippen molar-refractivity contribution in [1.82, 2.24) is 0 Å². The third-order valence-electron chi connectivity index (χ3n) is 3.50. The van der Waals surface area contributed by atoms with Crippen molar-refractivity contribution in [1.29, 1.82) is 5.26 Å². The van der Waals surface area contributed by atoms with Crippen molar-refractivity contribution in [3.05, 3.63) is 29.8 Å². The van der Waals surface area contributed by atoms with Crippen LogP contribution in [0.3, 0.4) is 0 Å². The van der Waals surface area contributed by atoms with E-state index in [4.69, 9.17) is 0 Å². The van der Waals surface area contributed by atoms with Crippen molar-refractivity contribution in [3.8, 4) is 6.07 Å². The molecule has 0 unspecified atom stereocenters. The summed E-state index contributed by atoms with van der Waals surface area (Å²) < 4.78 is 0. The molecule has 2 nitrogen and oxygen atoms in total. The van der Waals surface area contributed by atoms with E-state index >= 15 is 0 Å². The summed E-state index contributed by atoms with van der Waals surface area (Å²) in [5.41, 5.74) is 0.624. The second-order valence-corrected chi connectivity index (χ2v) is 5.34. The Kier molecular flexibility index (Phi) is 3.54. The Morgan fingerprint density at radius 2 is 2.06 bits per heavy atom. The van der Waals surface area contributed by atoms with E-state index in [2.05, 4.69) is 12.1 Å². The van der Waals surface area contributed by atoms with Crippen LogP contribution >= 0.6 is 11.8 Å². The number of nitriles is 1. The second-order valence-electron chi connectivity index (χ2n) is 4.46. The number of rotatable bonds is 2. The molecule has 0 N–H and O–H groups in total. The number of hydrogen-bond acceptors (Lipinski definition) is 3. The van der Waals surface area contributed by atoms with E-state index in [0.29, 0.717) is 25.7 Å². The predicted octanol–water partition coefficient (Wildman–Crippen LogP) is 3.31. The van der Waals surface area contributed by atoms with Gasteiger partial charge in [-0.15, -0.1) is 11.8 Å². The van der Waals surface area contributed by atoms with Crippen LogP contribution in [0.4, 0.5) is 0 Å². The molecular weight excluding hydrogens is 230 g/mol. The number of carbonyl (C=O) groups excluding carboxylic acids is 1. The fraction of sp³-hybridized carbons (Fsp3) is 0.429. The van der Waals surface area contributed by atoms with Gasteiger partial charge in [0.2, 0.25) is 0 Å². The van der Waals surface area contributed by atoms with Gasteiger partial charge in [-0.05, 0) is 36.8 Å². The highest BCUT2D eigenvalue weighted by atomic mass is 32.2. The van der Waals surface area contributed by atoms with Crippen LogP contribution in [0.25, 0.3) is 0 Å². The van der Waals surface area contributed by atoms with Crippen molar-refractivity contribution in [2.24, 2.45) is 0 Å². The monoisotopic (exact) mass is 245 g/mol. The van der Waals surface area contributed by atoms with Crippen molar-refractivity contribution in [2.45, 2.75) is 36.0 Å². The Labute approximate surface area is 106 Å². The molecule has 1 aliphatic carbocycles. The lowest BCUT2D eigenvalue weighted by Gasteiger charge is -2.30. The fourth-order valence-corrected chi connectivity index (χ4v) is 2.80. The molecule has 1 fully saturated rings. The normalized spacial score (nSPS) is 18.7.